The van der Waals surface area contributed by atoms with E-state index in [1.807, 2.05) is 43.3 Å². The minimum atomic E-state index is 0.174. The molecule has 0 aromatic heterocycles. The Kier molecular flexibility index (Phi) is 5.91. The van der Waals surface area contributed by atoms with Crippen LogP contribution >= 0.6 is 0 Å². The fourth-order valence-electron chi connectivity index (χ4n) is 2.25. The minimum Gasteiger partial charge on any atom is -0.494 e. The lowest BCUT2D eigenvalue weighted by molar-refractivity contribution is 0.332. The van der Waals surface area contributed by atoms with Crippen LogP contribution in [0.4, 0.5) is 5.69 Å². The van der Waals surface area contributed by atoms with Crippen LogP contribution < -0.4 is 14.8 Å². The maximum Gasteiger partial charge on any atom is 0.119 e. The summed E-state index contributed by atoms with van der Waals surface area (Å²) in [6.07, 6.45) is 0. The van der Waals surface area contributed by atoms with Crippen LogP contribution in [0.1, 0.15) is 33.3 Å². The van der Waals surface area contributed by atoms with Crippen LogP contribution in [0, 0.1) is 0 Å². The lowest BCUT2D eigenvalue weighted by atomic mass is 9.87. The van der Waals surface area contributed by atoms with Crippen molar-refractivity contribution in [3.8, 4) is 11.5 Å². The highest BCUT2D eigenvalue weighted by atomic mass is 16.5. The number of hydrogen-bond donors (Lipinski definition) is 1. The van der Waals surface area contributed by atoms with E-state index >= 15 is 0 Å². The first-order chi connectivity index (χ1) is 11.0. The van der Waals surface area contributed by atoms with Crippen LogP contribution in [0.2, 0.25) is 0 Å². The van der Waals surface area contributed by atoms with E-state index in [0.29, 0.717) is 13.2 Å². The van der Waals surface area contributed by atoms with E-state index in [1.165, 1.54) is 5.56 Å². The predicted octanol–water partition coefficient (Wildman–Crippen LogP) is 4.87. The zero-order valence-electron chi connectivity index (χ0n) is 14.6. The van der Waals surface area contributed by atoms with E-state index in [-0.39, 0.29) is 5.41 Å². The Morgan fingerprint density at radius 3 is 1.96 bits per heavy atom. The van der Waals surface area contributed by atoms with Gasteiger partial charge in [0.15, 0.2) is 0 Å². The van der Waals surface area contributed by atoms with Crippen molar-refractivity contribution in [3.05, 3.63) is 54.1 Å². The molecule has 0 spiro atoms. The minimum absolute atomic E-state index is 0.174. The molecule has 0 bridgehead atoms. The first-order valence-electron chi connectivity index (χ1n) is 8.19. The molecule has 0 amide bonds. The second-order valence-electron chi connectivity index (χ2n) is 6.51. The molecule has 0 fully saturated rings. The van der Waals surface area contributed by atoms with Crippen LogP contribution in [0.25, 0.3) is 0 Å². The molecular formula is C20H27NO2. The van der Waals surface area contributed by atoms with Gasteiger partial charge in [0.05, 0.1) is 6.61 Å². The van der Waals surface area contributed by atoms with E-state index in [0.717, 1.165) is 23.7 Å². The van der Waals surface area contributed by atoms with Crippen molar-refractivity contribution < 1.29 is 9.47 Å². The van der Waals surface area contributed by atoms with Gasteiger partial charge in [0.1, 0.15) is 18.1 Å². The molecule has 0 heterocycles. The number of benzene rings is 2. The van der Waals surface area contributed by atoms with E-state index in [9.17, 15) is 0 Å². The predicted molar refractivity (Wildman–Crippen MR) is 96.7 cm³/mol. The van der Waals surface area contributed by atoms with Crippen molar-refractivity contribution in [3.63, 3.8) is 0 Å². The zero-order chi connectivity index (χ0) is 16.7. The van der Waals surface area contributed by atoms with Gasteiger partial charge in [0.25, 0.3) is 0 Å². The Labute approximate surface area is 139 Å². The van der Waals surface area contributed by atoms with Crippen LogP contribution in [0.5, 0.6) is 11.5 Å². The largest absolute Gasteiger partial charge is 0.494 e. The molecule has 3 heteroatoms. The summed E-state index contributed by atoms with van der Waals surface area (Å²) in [6.45, 7) is 10.7. The van der Waals surface area contributed by atoms with Gasteiger partial charge < -0.3 is 14.8 Å². The summed E-state index contributed by atoms with van der Waals surface area (Å²) in [7, 11) is 0. The summed E-state index contributed by atoms with van der Waals surface area (Å²) in [5, 5.41) is 3.34. The van der Waals surface area contributed by atoms with E-state index in [4.69, 9.17) is 9.47 Å². The molecule has 0 aliphatic carbocycles. The van der Waals surface area contributed by atoms with Gasteiger partial charge >= 0.3 is 0 Å². The molecule has 3 nitrogen and oxygen atoms in total. The Balaban J connectivity index is 1.74. The van der Waals surface area contributed by atoms with Crippen molar-refractivity contribution in [1.82, 2.24) is 0 Å². The van der Waals surface area contributed by atoms with Crippen molar-refractivity contribution in [2.45, 2.75) is 33.1 Å². The molecule has 2 aromatic rings. The number of rotatable bonds is 7. The van der Waals surface area contributed by atoms with Gasteiger partial charge in [-0.15, -0.1) is 0 Å². The van der Waals surface area contributed by atoms with Crippen LogP contribution in [-0.2, 0) is 5.41 Å². The van der Waals surface area contributed by atoms with Crippen molar-refractivity contribution in [2.75, 3.05) is 25.1 Å². The number of hydrogen-bond acceptors (Lipinski definition) is 3. The quantitative estimate of drug-likeness (QED) is 0.739. The highest BCUT2D eigenvalue weighted by molar-refractivity contribution is 5.46. The molecule has 2 aromatic carbocycles. The molecule has 0 unspecified atom stereocenters. The molecular weight excluding hydrogens is 286 g/mol. The SMILES string of the molecule is CCOc1ccc(NCCOc2ccc(C(C)(C)C)cc2)cc1. The van der Waals surface area contributed by atoms with E-state index in [2.05, 4.69) is 38.2 Å². The maximum absolute atomic E-state index is 5.77. The lowest BCUT2D eigenvalue weighted by Crippen LogP contribution is -2.12. The highest BCUT2D eigenvalue weighted by Crippen LogP contribution is 2.24. The third-order valence-electron chi connectivity index (χ3n) is 3.59. The van der Waals surface area contributed by atoms with E-state index < -0.39 is 0 Å². The number of anilines is 1. The average Bonchev–Trinajstić information content (AvgIpc) is 2.53. The summed E-state index contributed by atoms with van der Waals surface area (Å²) < 4.78 is 11.2. The highest BCUT2D eigenvalue weighted by Gasteiger charge is 2.12. The first kappa shape index (κ1) is 17.2. The summed E-state index contributed by atoms with van der Waals surface area (Å²) in [5.41, 5.74) is 2.56. The topological polar surface area (TPSA) is 30.5 Å². The fraction of sp³-hybridized carbons (Fsp3) is 0.400. The van der Waals surface area contributed by atoms with E-state index in [1.54, 1.807) is 0 Å². The van der Waals surface area contributed by atoms with Gasteiger partial charge in [-0.05, 0) is 54.3 Å². The first-order valence-corrected chi connectivity index (χ1v) is 8.19. The Bertz CT molecular complexity index is 583. The standard InChI is InChI=1S/C20H27NO2/c1-5-22-18-12-8-17(9-13-18)21-14-15-23-19-10-6-16(7-11-19)20(2,3)4/h6-13,21H,5,14-15H2,1-4H3. The molecule has 0 saturated carbocycles. The zero-order valence-corrected chi connectivity index (χ0v) is 14.6. The van der Waals surface area contributed by atoms with Crippen LogP contribution in [0.15, 0.2) is 48.5 Å². The molecule has 0 aliphatic rings. The molecule has 2 rings (SSSR count). The van der Waals surface area contributed by atoms with Gasteiger partial charge in [-0.1, -0.05) is 32.9 Å². The Morgan fingerprint density at radius 2 is 1.39 bits per heavy atom. The smallest absolute Gasteiger partial charge is 0.119 e. The molecule has 124 valence electrons. The third kappa shape index (κ3) is 5.51. The fourth-order valence-corrected chi connectivity index (χ4v) is 2.25. The number of ether oxygens (including phenoxy) is 2. The maximum atomic E-state index is 5.77. The van der Waals surface area contributed by atoms with Crippen LogP contribution in [0.3, 0.4) is 0 Å². The lowest BCUT2D eigenvalue weighted by Gasteiger charge is -2.19. The Morgan fingerprint density at radius 1 is 0.826 bits per heavy atom. The second-order valence-corrected chi connectivity index (χ2v) is 6.51. The Hall–Kier alpha value is -2.16. The molecule has 0 radical (unpaired) electrons. The summed E-state index contributed by atoms with van der Waals surface area (Å²) in [4.78, 5) is 0. The van der Waals surface area contributed by atoms with Crippen molar-refractivity contribution in [2.24, 2.45) is 0 Å². The summed E-state index contributed by atoms with van der Waals surface area (Å²) in [5.74, 6) is 1.81. The molecule has 1 N–H and O–H groups in total. The van der Waals surface area contributed by atoms with Gasteiger partial charge in [-0.3, -0.25) is 0 Å². The van der Waals surface area contributed by atoms with Gasteiger partial charge in [-0.2, -0.15) is 0 Å². The second kappa shape index (κ2) is 7.91. The normalized spacial score (nSPS) is 11.1. The third-order valence-corrected chi connectivity index (χ3v) is 3.59. The van der Waals surface area contributed by atoms with Crippen molar-refractivity contribution >= 4 is 5.69 Å². The summed E-state index contributed by atoms with van der Waals surface area (Å²) >= 11 is 0. The van der Waals surface area contributed by atoms with Gasteiger partial charge in [0, 0.05) is 12.2 Å². The van der Waals surface area contributed by atoms with Crippen LogP contribution in [-0.4, -0.2) is 19.8 Å². The molecule has 0 saturated heterocycles. The molecule has 23 heavy (non-hydrogen) atoms. The van der Waals surface area contributed by atoms with Crippen molar-refractivity contribution in [1.29, 1.82) is 0 Å². The monoisotopic (exact) mass is 313 g/mol. The average molecular weight is 313 g/mol. The molecule has 0 aliphatic heterocycles. The number of nitrogens with one attached hydrogen (secondary N) is 1. The van der Waals surface area contributed by atoms with Gasteiger partial charge in [0.2, 0.25) is 0 Å². The molecule has 0 atom stereocenters. The summed E-state index contributed by atoms with van der Waals surface area (Å²) in [6, 6.07) is 16.3. The van der Waals surface area contributed by atoms with Gasteiger partial charge in [-0.25, -0.2) is 0 Å².